The van der Waals surface area contributed by atoms with Crippen LogP contribution in [0.25, 0.3) is 0 Å². The van der Waals surface area contributed by atoms with E-state index < -0.39 is 6.10 Å². The summed E-state index contributed by atoms with van der Waals surface area (Å²) in [7, 11) is 0. The van der Waals surface area contributed by atoms with E-state index in [0.29, 0.717) is 5.92 Å². The summed E-state index contributed by atoms with van der Waals surface area (Å²) in [5, 5.41) is 17.5. The molecule has 3 nitrogen and oxygen atoms in total. The molecule has 1 rings (SSSR count). The Bertz CT molecular complexity index is 110. The highest BCUT2D eigenvalue weighted by Gasteiger charge is 2.15. The molecule has 2 N–H and O–H groups in total. The van der Waals surface area contributed by atoms with Crippen molar-refractivity contribution in [3.05, 3.63) is 0 Å². The van der Waals surface area contributed by atoms with E-state index in [1.165, 1.54) is 25.7 Å². The van der Waals surface area contributed by atoms with E-state index in [4.69, 9.17) is 14.9 Å². The molecule has 0 aromatic rings. The molecule has 3 heteroatoms. The zero-order valence-electron chi connectivity index (χ0n) is 7.41. The third-order valence-electron chi connectivity index (χ3n) is 2.35. The molecular formula is C9H18O3. The van der Waals surface area contributed by atoms with Gasteiger partial charge in [0.25, 0.3) is 0 Å². The molecule has 0 aromatic carbocycles. The molecule has 1 atom stereocenters. The summed E-state index contributed by atoms with van der Waals surface area (Å²) < 4.78 is 5.26. The molecule has 0 aliphatic heterocycles. The number of aliphatic hydroxyl groups is 2. The van der Waals surface area contributed by atoms with Crippen molar-refractivity contribution in [2.75, 3.05) is 19.8 Å². The van der Waals surface area contributed by atoms with Crippen LogP contribution < -0.4 is 0 Å². The Hall–Kier alpha value is -0.120. The Balaban J connectivity index is 1.94. The normalized spacial score (nSPS) is 21.5. The van der Waals surface area contributed by atoms with Crippen LogP contribution in [-0.4, -0.2) is 36.1 Å². The van der Waals surface area contributed by atoms with Crippen molar-refractivity contribution >= 4 is 0 Å². The van der Waals surface area contributed by atoms with Crippen LogP contribution in [0.5, 0.6) is 0 Å². The fourth-order valence-corrected chi connectivity index (χ4v) is 1.60. The van der Waals surface area contributed by atoms with Crippen molar-refractivity contribution in [3.8, 4) is 0 Å². The van der Waals surface area contributed by atoms with Crippen LogP contribution in [0.1, 0.15) is 25.7 Å². The second-order valence-electron chi connectivity index (χ2n) is 3.52. The second-order valence-corrected chi connectivity index (χ2v) is 3.52. The molecule has 0 saturated heterocycles. The van der Waals surface area contributed by atoms with Gasteiger partial charge in [-0.25, -0.2) is 0 Å². The largest absolute Gasteiger partial charge is 0.394 e. The molecule has 1 saturated carbocycles. The number of rotatable bonds is 5. The molecule has 0 radical (unpaired) electrons. The van der Waals surface area contributed by atoms with Gasteiger partial charge in [0.2, 0.25) is 0 Å². The highest BCUT2D eigenvalue weighted by molar-refractivity contribution is 4.66. The fraction of sp³-hybridized carbons (Fsp3) is 1.00. The number of ether oxygens (including phenoxy) is 1. The number of hydrogen-bond donors (Lipinski definition) is 2. The van der Waals surface area contributed by atoms with Gasteiger partial charge in [-0.15, -0.1) is 0 Å². The van der Waals surface area contributed by atoms with Crippen LogP contribution in [0.2, 0.25) is 0 Å². The van der Waals surface area contributed by atoms with Gasteiger partial charge in [0, 0.05) is 6.61 Å². The standard InChI is InChI=1S/C9H18O3/c10-5-9(11)7-12-6-8-3-1-2-4-8/h8-11H,1-7H2. The lowest BCUT2D eigenvalue weighted by Crippen LogP contribution is -2.21. The van der Waals surface area contributed by atoms with E-state index in [0.717, 1.165) is 6.61 Å². The van der Waals surface area contributed by atoms with Crippen LogP contribution in [0.15, 0.2) is 0 Å². The quantitative estimate of drug-likeness (QED) is 0.640. The van der Waals surface area contributed by atoms with Gasteiger partial charge in [-0.3, -0.25) is 0 Å². The zero-order chi connectivity index (χ0) is 8.81. The van der Waals surface area contributed by atoms with Crippen LogP contribution in [0.4, 0.5) is 0 Å². The van der Waals surface area contributed by atoms with E-state index in [9.17, 15) is 0 Å². The van der Waals surface area contributed by atoms with E-state index >= 15 is 0 Å². The Labute approximate surface area is 73.4 Å². The van der Waals surface area contributed by atoms with Crippen molar-refractivity contribution in [2.24, 2.45) is 5.92 Å². The maximum absolute atomic E-state index is 8.96. The lowest BCUT2D eigenvalue weighted by Gasteiger charge is -2.11. The first-order valence-electron chi connectivity index (χ1n) is 4.69. The minimum absolute atomic E-state index is 0.204. The first kappa shape index (κ1) is 9.96. The third kappa shape index (κ3) is 3.52. The summed E-state index contributed by atoms with van der Waals surface area (Å²) in [6.07, 6.45) is 4.45. The first-order valence-corrected chi connectivity index (χ1v) is 4.69. The predicted octanol–water partition coefficient (Wildman–Crippen LogP) is 0.546. The first-order chi connectivity index (χ1) is 5.83. The molecule has 0 amide bonds. The highest BCUT2D eigenvalue weighted by atomic mass is 16.5. The lowest BCUT2D eigenvalue weighted by molar-refractivity contribution is -0.00392. The molecular weight excluding hydrogens is 156 g/mol. The van der Waals surface area contributed by atoms with Crippen molar-refractivity contribution in [1.29, 1.82) is 0 Å². The van der Waals surface area contributed by atoms with Crippen LogP contribution >= 0.6 is 0 Å². The van der Waals surface area contributed by atoms with Crippen LogP contribution in [-0.2, 0) is 4.74 Å². The number of aliphatic hydroxyl groups excluding tert-OH is 2. The summed E-state index contributed by atoms with van der Waals surface area (Å²) in [5.74, 6) is 0.691. The molecule has 1 unspecified atom stereocenters. The van der Waals surface area contributed by atoms with E-state index in [2.05, 4.69) is 0 Å². The molecule has 72 valence electrons. The van der Waals surface area contributed by atoms with Gasteiger partial charge in [-0.05, 0) is 18.8 Å². The summed E-state index contributed by atoms with van der Waals surface area (Å²) in [4.78, 5) is 0. The van der Waals surface area contributed by atoms with Crippen LogP contribution in [0.3, 0.4) is 0 Å². The molecule has 0 spiro atoms. The molecule has 1 aliphatic carbocycles. The third-order valence-corrected chi connectivity index (χ3v) is 2.35. The Morgan fingerprint density at radius 3 is 2.58 bits per heavy atom. The Kier molecular flexibility index (Phi) is 4.58. The van der Waals surface area contributed by atoms with Crippen LogP contribution in [0, 0.1) is 5.92 Å². The van der Waals surface area contributed by atoms with E-state index in [1.807, 2.05) is 0 Å². The lowest BCUT2D eigenvalue weighted by atomic mass is 10.1. The smallest absolute Gasteiger partial charge is 0.100 e. The van der Waals surface area contributed by atoms with Gasteiger partial charge < -0.3 is 14.9 Å². The van der Waals surface area contributed by atoms with Gasteiger partial charge in [-0.2, -0.15) is 0 Å². The number of hydrogen-bond acceptors (Lipinski definition) is 3. The Morgan fingerprint density at radius 1 is 1.33 bits per heavy atom. The minimum atomic E-state index is -0.702. The van der Waals surface area contributed by atoms with Gasteiger partial charge in [-0.1, -0.05) is 12.8 Å². The average molecular weight is 174 g/mol. The molecule has 0 bridgehead atoms. The van der Waals surface area contributed by atoms with Gasteiger partial charge in [0.15, 0.2) is 0 Å². The summed E-state index contributed by atoms with van der Waals surface area (Å²) in [6.45, 7) is 0.814. The maximum atomic E-state index is 8.96. The van der Waals surface area contributed by atoms with E-state index in [-0.39, 0.29) is 13.2 Å². The minimum Gasteiger partial charge on any atom is -0.394 e. The Morgan fingerprint density at radius 2 is 2.00 bits per heavy atom. The fourth-order valence-electron chi connectivity index (χ4n) is 1.60. The molecule has 1 aliphatic rings. The monoisotopic (exact) mass is 174 g/mol. The highest BCUT2D eigenvalue weighted by Crippen LogP contribution is 2.24. The molecule has 1 fully saturated rings. The summed E-state index contributed by atoms with van der Waals surface area (Å²) in [5.41, 5.74) is 0. The van der Waals surface area contributed by atoms with Crippen molar-refractivity contribution in [3.63, 3.8) is 0 Å². The topological polar surface area (TPSA) is 49.7 Å². The molecule has 0 aromatic heterocycles. The van der Waals surface area contributed by atoms with Crippen molar-refractivity contribution < 1.29 is 14.9 Å². The molecule has 0 heterocycles. The zero-order valence-corrected chi connectivity index (χ0v) is 7.41. The summed E-state index contributed by atoms with van der Waals surface area (Å²) >= 11 is 0. The predicted molar refractivity (Wildman–Crippen MR) is 45.9 cm³/mol. The second kappa shape index (κ2) is 5.51. The SMILES string of the molecule is OCC(O)COCC1CCCC1. The van der Waals surface area contributed by atoms with Crippen molar-refractivity contribution in [1.82, 2.24) is 0 Å². The summed E-state index contributed by atoms with van der Waals surface area (Å²) in [6, 6.07) is 0. The van der Waals surface area contributed by atoms with Gasteiger partial charge >= 0.3 is 0 Å². The van der Waals surface area contributed by atoms with Gasteiger partial charge in [0.05, 0.1) is 13.2 Å². The average Bonchev–Trinajstić information content (AvgIpc) is 2.57. The maximum Gasteiger partial charge on any atom is 0.100 e. The van der Waals surface area contributed by atoms with Crippen molar-refractivity contribution in [2.45, 2.75) is 31.8 Å². The van der Waals surface area contributed by atoms with E-state index in [1.54, 1.807) is 0 Å². The molecule has 12 heavy (non-hydrogen) atoms. The van der Waals surface area contributed by atoms with Gasteiger partial charge in [0.1, 0.15) is 6.10 Å².